The molecule has 0 aliphatic carbocycles. The van der Waals surface area contributed by atoms with Crippen LogP contribution in [-0.4, -0.2) is 28.2 Å². The van der Waals surface area contributed by atoms with E-state index in [0.717, 1.165) is 21.4 Å². The van der Waals surface area contributed by atoms with Crippen molar-refractivity contribution >= 4 is 33.4 Å². The number of amides is 2. The number of aromatic nitrogens is 1. The highest BCUT2D eigenvalue weighted by Crippen LogP contribution is 2.24. The van der Waals surface area contributed by atoms with Crippen molar-refractivity contribution in [2.24, 2.45) is 5.92 Å². The van der Waals surface area contributed by atoms with E-state index in [4.69, 9.17) is 0 Å². The van der Waals surface area contributed by atoms with Crippen LogP contribution in [0.15, 0.2) is 47.1 Å². The van der Waals surface area contributed by atoms with E-state index < -0.39 is 0 Å². The number of pyridine rings is 1. The minimum atomic E-state index is -0.329. The van der Waals surface area contributed by atoms with E-state index in [2.05, 4.69) is 26.2 Å². The van der Waals surface area contributed by atoms with Gasteiger partial charge in [0.15, 0.2) is 0 Å². The number of benzene rings is 1. The molecule has 124 valence electrons. The maximum Gasteiger partial charge on any atom is 0.229 e. The van der Waals surface area contributed by atoms with Gasteiger partial charge in [-0.1, -0.05) is 22.0 Å². The molecule has 1 aliphatic rings. The van der Waals surface area contributed by atoms with Crippen molar-refractivity contribution < 1.29 is 9.59 Å². The van der Waals surface area contributed by atoms with E-state index in [0.29, 0.717) is 13.1 Å². The van der Waals surface area contributed by atoms with E-state index in [1.54, 1.807) is 11.1 Å². The van der Waals surface area contributed by atoms with Crippen molar-refractivity contribution in [3.8, 4) is 0 Å². The van der Waals surface area contributed by atoms with E-state index in [9.17, 15) is 9.59 Å². The quantitative estimate of drug-likeness (QED) is 0.876. The molecule has 1 fully saturated rings. The third kappa shape index (κ3) is 3.82. The van der Waals surface area contributed by atoms with Gasteiger partial charge in [0, 0.05) is 29.3 Å². The lowest BCUT2D eigenvalue weighted by Gasteiger charge is -2.16. The zero-order chi connectivity index (χ0) is 17.1. The molecule has 2 aromatic rings. The Bertz CT molecular complexity index is 764. The van der Waals surface area contributed by atoms with Crippen LogP contribution < -0.4 is 5.32 Å². The second kappa shape index (κ2) is 7.13. The number of rotatable bonds is 4. The van der Waals surface area contributed by atoms with Crippen molar-refractivity contribution in [2.75, 3.05) is 11.9 Å². The zero-order valence-corrected chi connectivity index (χ0v) is 14.9. The molecule has 3 rings (SSSR count). The number of hydrogen-bond donors (Lipinski definition) is 1. The lowest BCUT2D eigenvalue weighted by Crippen LogP contribution is -2.28. The standard InChI is InChI=1S/C18H18BrN3O2/c1-12-8-14(19)5-6-16(12)21-18(24)13-9-17(23)22(10-13)11-15-4-2-3-7-20-15/h2-8,13H,9-11H2,1H3,(H,21,24). The summed E-state index contributed by atoms with van der Waals surface area (Å²) in [5.74, 6) is -0.449. The van der Waals surface area contributed by atoms with Crippen LogP contribution in [0, 0.1) is 12.8 Å². The summed E-state index contributed by atoms with van der Waals surface area (Å²) in [6, 6.07) is 11.3. The van der Waals surface area contributed by atoms with Gasteiger partial charge in [-0.25, -0.2) is 0 Å². The first-order valence-electron chi connectivity index (χ1n) is 7.77. The number of aryl methyl sites for hydroxylation is 1. The monoisotopic (exact) mass is 387 g/mol. The Morgan fingerprint density at radius 1 is 1.38 bits per heavy atom. The summed E-state index contributed by atoms with van der Waals surface area (Å²) in [5.41, 5.74) is 2.59. The third-order valence-electron chi connectivity index (χ3n) is 4.11. The summed E-state index contributed by atoms with van der Waals surface area (Å²) >= 11 is 3.41. The van der Waals surface area contributed by atoms with Gasteiger partial charge in [0.25, 0.3) is 0 Å². The summed E-state index contributed by atoms with van der Waals surface area (Å²) in [7, 11) is 0. The molecule has 1 saturated heterocycles. The lowest BCUT2D eigenvalue weighted by molar-refractivity contribution is -0.128. The molecule has 1 aromatic heterocycles. The molecule has 24 heavy (non-hydrogen) atoms. The van der Waals surface area contributed by atoms with Crippen LogP contribution in [0.4, 0.5) is 5.69 Å². The summed E-state index contributed by atoms with van der Waals surface area (Å²) in [4.78, 5) is 30.6. The molecule has 0 bridgehead atoms. The number of nitrogens with one attached hydrogen (secondary N) is 1. The minimum absolute atomic E-state index is 0.00617. The van der Waals surface area contributed by atoms with E-state index >= 15 is 0 Å². The van der Waals surface area contributed by atoms with Crippen molar-refractivity contribution in [1.82, 2.24) is 9.88 Å². The van der Waals surface area contributed by atoms with Gasteiger partial charge in [0.1, 0.15) is 0 Å². The van der Waals surface area contributed by atoms with Crippen LogP contribution in [0.1, 0.15) is 17.7 Å². The Balaban J connectivity index is 1.63. The summed E-state index contributed by atoms with van der Waals surface area (Å²) < 4.78 is 0.968. The highest BCUT2D eigenvalue weighted by atomic mass is 79.9. The van der Waals surface area contributed by atoms with Crippen LogP contribution >= 0.6 is 15.9 Å². The van der Waals surface area contributed by atoms with E-state index in [-0.39, 0.29) is 24.2 Å². The molecule has 6 heteroatoms. The molecule has 1 N–H and O–H groups in total. The van der Waals surface area contributed by atoms with Crippen LogP contribution in [0.25, 0.3) is 0 Å². The van der Waals surface area contributed by atoms with Crippen LogP contribution in [-0.2, 0) is 16.1 Å². The number of anilines is 1. The number of hydrogen-bond acceptors (Lipinski definition) is 3. The lowest BCUT2D eigenvalue weighted by atomic mass is 10.1. The first-order valence-corrected chi connectivity index (χ1v) is 8.57. The Hall–Kier alpha value is -2.21. The number of nitrogens with zero attached hydrogens (tertiary/aromatic N) is 2. The van der Waals surface area contributed by atoms with Crippen LogP contribution in [0.5, 0.6) is 0 Å². The number of halogens is 1. The van der Waals surface area contributed by atoms with E-state index in [1.807, 2.05) is 43.3 Å². The Morgan fingerprint density at radius 3 is 2.92 bits per heavy atom. The van der Waals surface area contributed by atoms with E-state index in [1.165, 1.54) is 0 Å². The minimum Gasteiger partial charge on any atom is -0.336 e. The van der Waals surface area contributed by atoms with Crippen molar-refractivity contribution in [2.45, 2.75) is 19.9 Å². The van der Waals surface area contributed by atoms with Crippen molar-refractivity contribution in [1.29, 1.82) is 0 Å². The number of likely N-dealkylation sites (tertiary alicyclic amines) is 1. The average Bonchev–Trinajstić information content (AvgIpc) is 2.92. The average molecular weight is 388 g/mol. The summed E-state index contributed by atoms with van der Waals surface area (Å²) in [6.45, 7) is 2.81. The largest absolute Gasteiger partial charge is 0.336 e. The Labute approximate surface area is 149 Å². The number of carbonyl (C=O) groups is 2. The Kier molecular flexibility index (Phi) is 4.94. The fraction of sp³-hybridized carbons (Fsp3) is 0.278. The zero-order valence-electron chi connectivity index (χ0n) is 13.3. The summed E-state index contributed by atoms with van der Waals surface area (Å²) in [5, 5.41) is 2.93. The van der Waals surface area contributed by atoms with Gasteiger partial charge in [-0.05, 0) is 42.8 Å². The fourth-order valence-corrected chi connectivity index (χ4v) is 3.27. The smallest absolute Gasteiger partial charge is 0.229 e. The molecule has 2 heterocycles. The third-order valence-corrected chi connectivity index (χ3v) is 4.60. The SMILES string of the molecule is Cc1cc(Br)ccc1NC(=O)C1CC(=O)N(Cc2ccccn2)C1. The van der Waals surface area contributed by atoms with Crippen molar-refractivity contribution in [3.05, 3.63) is 58.3 Å². The number of carbonyl (C=O) groups excluding carboxylic acids is 2. The molecule has 0 saturated carbocycles. The molecule has 1 aromatic carbocycles. The predicted octanol–water partition coefficient (Wildman–Crippen LogP) is 3.14. The maximum absolute atomic E-state index is 12.5. The van der Waals surface area contributed by atoms with Gasteiger partial charge in [-0.3, -0.25) is 14.6 Å². The molecule has 0 spiro atoms. The van der Waals surface area contributed by atoms with Crippen LogP contribution in [0.3, 0.4) is 0 Å². The first kappa shape index (κ1) is 16.6. The van der Waals surface area contributed by atoms with Gasteiger partial charge < -0.3 is 10.2 Å². The Morgan fingerprint density at radius 2 is 2.21 bits per heavy atom. The fourth-order valence-electron chi connectivity index (χ4n) is 2.79. The molecule has 5 nitrogen and oxygen atoms in total. The predicted molar refractivity (Wildman–Crippen MR) is 95.3 cm³/mol. The topological polar surface area (TPSA) is 62.3 Å². The first-order chi connectivity index (χ1) is 11.5. The van der Waals surface area contributed by atoms with Gasteiger partial charge in [0.05, 0.1) is 18.2 Å². The summed E-state index contributed by atoms with van der Waals surface area (Å²) in [6.07, 6.45) is 1.95. The van der Waals surface area contributed by atoms with Gasteiger partial charge in [-0.2, -0.15) is 0 Å². The molecule has 2 amide bonds. The molecular formula is C18H18BrN3O2. The van der Waals surface area contributed by atoms with Crippen molar-refractivity contribution in [3.63, 3.8) is 0 Å². The molecule has 0 radical (unpaired) electrons. The molecule has 1 unspecified atom stereocenters. The normalized spacial score (nSPS) is 17.2. The van der Waals surface area contributed by atoms with Crippen LogP contribution in [0.2, 0.25) is 0 Å². The molecular weight excluding hydrogens is 370 g/mol. The second-order valence-electron chi connectivity index (χ2n) is 5.94. The highest BCUT2D eigenvalue weighted by Gasteiger charge is 2.34. The van der Waals surface area contributed by atoms with Gasteiger partial charge in [-0.15, -0.1) is 0 Å². The van der Waals surface area contributed by atoms with Gasteiger partial charge in [0.2, 0.25) is 11.8 Å². The molecule has 1 aliphatic heterocycles. The maximum atomic E-state index is 12.5. The molecule has 1 atom stereocenters. The van der Waals surface area contributed by atoms with Gasteiger partial charge >= 0.3 is 0 Å². The highest BCUT2D eigenvalue weighted by molar-refractivity contribution is 9.10. The second-order valence-corrected chi connectivity index (χ2v) is 6.86.